The van der Waals surface area contributed by atoms with Gasteiger partial charge in [-0.2, -0.15) is 14.7 Å². The van der Waals surface area contributed by atoms with Gasteiger partial charge >= 0.3 is 0 Å². The largest absolute Gasteiger partial charge is 0.354 e. The van der Waals surface area contributed by atoms with Gasteiger partial charge < -0.3 is 16.0 Å². The maximum Gasteiger partial charge on any atom is 0.243 e. The lowest BCUT2D eigenvalue weighted by atomic mass is 10.0. The SMILES string of the molecule is Cc1nc2n(n1)CC(=O)NCCCN(S(=O)(=O)c1cccc(C#N)c1)CCCC(=O)N[C@H](Cc1ccccc1)C(=O)N[C@H]2C(C)C. The number of hydrogen-bond donors (Lipinski definition) is 3. The first-order valence-corrected chi connectivity index (χ1v) is 16.7. The number of amides is 3. The van der Waals surface area contributed by atoms with E-state index in [1.165, 1.54) is 33.3 Å². The van der Waals surface area contributed by atoms with Crippen molar-refractivity contribution in [3.05, 3.63) is 77.4 Å². The molecule has 3 amide bonds. The molecular weight excluding hydrogens is 608 g/mol. The molecule has 0 bridgehead atoms. The van der Waals surface area contributed by atoms with Crippen LogP contribution in [0.25, 0.3) is 0 Å². The molecule has 0 saturated heterocycles. The van der Waals surface area contributed by atoms with E-state index < -0.39 is 33.9 Å². The molecule has 244 valence electrons. The predicted molar refractivity (Wildman–Crippen MR) is 169 cm³/mol. The van der Waals surface area contributed by atoms with E-state index in [4.69, 9.17) is 0 Å². The molecule has 0 saturated carbocycles. The smallest absolute Gasteiger partial charge is 0.243 e. The Morgan fingerprint density at radius 3 is 2.46 bits per heavy atom. The number of aromatic nitrogens is 3. The fourth-order valence-electron chi connectivity index (χ4n) is 5.25. The number of aryl methyl sites for hydroxylation is 1. The maximum atomic E-state index is 13.8. The summed E-state index contributed by atoms with van der Waals surface area (Å²) in [4.78, 5) is 44.4. The Morgan fingerprint density at radius 2 is 1.74 bits per heavy atom. The second kappa shape index (κ2) is 15.6. The molecule has 46 heavy (non-hydrogen) atoms. The van der Waals surface area contributed by atoms with Crippen LogP contribution in [0, 0.1) is 24.2 Å². The van der Waals surface area contributed by atoms with Gasteiger partial charge in [-0.15, -0.1) is 0 Å². The van der Waals surface area contributed by atoms with Crippen LogP contribution in [0.5, 0.6) is 0 Å². The Bertz CT molecular complexity index is 1680. The summed E-state index contributed by atoms with van der Waals surface area (Å²) in [6, 6.07) is 15.5. The van der Waals surface area contributed by atoms with E-state index in [-0.39, 0.29) is 67.7 Å². The van der Waals surface area contributed by atoms with Crippen LogP contribution in [0.3, 0.4) is 0 Å². The zero-order valence-electron chi connectivity index (χ0n) is 26.3. The lowest BCUT2D eigenvalue weighted by Gasteiger charge is -2.26. The highest BCUT2D eigenvalue weighted by Crippen LogP contribution is 2.22. The number of benzene rings is 2. The monoisotopic (exact) mass is 648 g/mol. The molecule has 2 atom stereocenters. The van der Waals surface area contributed by atoms with Crippen LogP contribution in [0.15, 0.2) is 59.5 Å². The number of sulfonamides is 1. The van der Waals surface area contributed by atoms with Crippen molar-refractivity contribution in [1.82, 2.24) is 35.0 Å². The summed E-state index contributed by atoms with van der Waals surface area (Å²) in [6.45, 7) is 5.68. The molecule has 1 aliphatic heterocycles. The minimum atomic E-state index is -4.01. The van der Waals surface area contributed by atoms with Crippen LogP contribution in [-0.2, 0) is 37.4 Å². The molecule has 0 spiro atoms. The van der Waals surface area contributed by atoms with E-state index in [2.05, 4.69) is 26.0 Å². The fourth-order valence-corrected chi connectivity index (χ4v) is 6.81. The molecule has 1 aromatic heterocycles. The van der Waals surface area contributed by atoms with Gasteiger partial charge in [0.15, 0.2) is 5.82 Å². The summed E-state index contributed by atoms with van der Waals surface area (Å²) in [5.41, 5.74) is 1.05. The van der Waals surface area contributed by atoms with E-state index >= 15 is 0 Å². The highest BCUT2D eigenvalue weighted by molar-refractivity contribution is 7.89. The number of nitrogens with one attached hydrogen (secondary N) is 3. The van der Waals surface area contributed by atoms with Gasteiger partial charge in [-0.3, -0.25) is 14.4 Å². The summed E-state index contributed by atoms with van der Waals surface area (Å²) < 4.78 is 29.9. The van der Waals surface area contributed by atoms with Crippen LogP contribution in [0.4, 0.5) is 0 Å². The molecule has 2 heterocycles. The van der Waals surface area contributed by atoms with Crippen LogP contribution in [0.1, 0.15) is 61.9 Å². The standard InChI is InChI=1S/C32H40N8O5S/c1-22(2)30-31-35-23(3)38-40(31)21-29(42)34-15-9-17-39(46(44,45)26-13-7-12-25(18-26)20-33)16-8-14-28(41)36-27(32(43)37-30)19-24-10-5-4-6-11-24/h4-7,10-13,18,22,27,30H,8-9,14-17,19,21H2,1-3H3,(H,34,42)(H,36,41)(H,37,43)/t27-,30+/m1/s1. The van der Waals surface area contributed by atoms with Crippen molar-refractivity contribution in [2.45, 2.75) is 70.0 Å². The third-order valence-electron chi connectivity index (χ3n) is 7.60. The van der Waals surface area contributed by atoms with Gasteiger partial charge in [0.1, 0.15) is 18.4 Å². The molecule has 1 aliphatic rings. The molecule has 0 unspecified atom stereocenters. The maximum absolute atomic E-state index is 13.8. The van der Waals surface area contributed by atoms with Crippen LogP contribution in [0.2, 0.25) is 0 Å². The van der Waals surface area contributed by atoms with Crippen LogP contribution >= 0.6 is 0 Å². The normalized spacial score (nSPS) is 19.6. The zero-order chi connectivity index (χ0) is 33.3. The molecule has 3 aromatic rings. The Labute approximate surface area is 269 Å². The minimum Gasteiger partial charge on any atom is -0.354 e. The summed E-state index contributed by atoms with van der Waals surface area (Å²) in [7, 11) is -4.01. The second-order valence-corrected chi connectivity index (χ2v) is 13.5. The van der Waals surface area contributed by atoms with E-state index in [1.807, 2.05) is 50.2 Å². The highest BCUT2D eigenvalue weighted by Gasteiger charge is 2.30. The van der Waals surface area contributed by atoms with Gasteiger partial charge in [0.2, 0.25) is 27.7 Å². The van der Waals surface area contributed by atoms with E-state index in [0.717, 1.165) is 5.56 Å². The molecule has 4 rings (SSSR count). The van der Waals surface area contributed by atoms with Crippen LogP contribution in [-0.4, -0.2) is 70.9 Å². The summed E-state index contributed by atoms with van der Waals surface area (Å²) in [6.07, 6.45) is 0.696. The Hall–Kier alpha value is -4.61. The topological polar surface area (TPSA) is 179 Å². The Balaban J connectivity index is 1.64. The number of carbonyl (C=O) groups excluding carboxylic acids is 3. The quantitative estimate of drug-likeness (QED) is 0.376. The number of hydrogen-bond acceptors (Lipinski definition) is 8. The molecule has 13 nitrogen and oxygen atoms in total. The first kappa shape index (κ1) is 34.3. The zero-order valence-corrected chi connectivity index (χ0v) is 27.1. The van der Waals surface area contributed by atoms with Gasteiger partial charge in [-0.1, -0.05) is 50.2 Å². The molecular formula is C32H40N8O5S. The van der Waals surface area contributed by atoms with Gasteiger partial charge in [0.25, 0.3) is 0 Å². The fraction of sp³-hybridized carbons (Fsp3) is 0.438. The van der Waals surface area contributed by atoms with E-state index in [0.29, 0.717) is 18.1 Å². The van der Waals surface area contributed by atoms with Crippen molar-refractivity contribution >= 4 is 27.7 Å². The van der Waals surface area contributed by atoms with E-state index in [1.54, 1.807) is 6.92 Å². The van der Waals surface area contributed by atoms with Crippen molar-refractivity contribution < 1.29 is 22.8 Å². The molecule has 3 N–H and O–H groups in total. The lowest BCUT2D eigenvalue weighted by Crippen LogP contribution is -2.50. The highest BCUT2D eigenvalue weighted by atomic mass is 32.2. The summed E-state index contributed by atoms with van der Waals surface area (Å²) in [5.74, 6) is -0.423. The summed E-state index contributed by atoms with van der Waals surface area (Å²) >= 11 is 0. The second-order valence-electron chi connectivity index (χ2n) is 11.6. The van der Waals surface area contributed by atoms with Gasteiger partial charge in [-0.25, -0.2) is 18.1 Å². The van der Waals surface area contributed by atoms with Crippen molar-refractivity contribution in [2.24, 2.45) is 5.92 Å². The van der Waals surface area contributed by atoms with Gasteiger partial charge in [-0.05, 0) is 49.4 Å². The minimum absolute atomic E-state index is 0.0209. The molecule has 14 heteroatoms. The van der Waals surface area contributed by atoms with Gasteiger partial charge in [0.05, 0.1) is 22.6 Å². The Kier molecular flexibility index (Phi) is 11.6. The number of rotatable bonds is 5. The third-order valence-corrected chi connectivity index (χ3v) is 9.49. The van der Waals surface area contributed by atoms with Crippen molar-refractivity contribution in [1.29, 1.82) is 5.26 Å². The van der Waals surface area contributed by atoms with Gasteiger partial charge in [0, 0.05) is 32.5 Å². The van der Waals surface area contributed by atoms with Crippen molar-refractivity contribution in [3.8, 4) is 6.07 Å². The molecule has 0 fully saturated rings. The average molecular weight is 649 g/mol. The first-order valence-electron chi connectivity index (χ1n) is 15.3. The number of fused-ring (bicyclic) bond motifs is 1. The van der Waals surface area contributed by atoms with E-state index in [9.17, 15) is 28.1 Å². The van der Waals surface area contributed by atoms with Crippen molar-refractivity contribution in [3.63, 3.8) is 0 Å². The number of carbonyl (C=O) groups is 3. The lowest BCUT2D eigenvalue weighted by molar-refractivity contribution is -0.129. The first-order chi connectivity index (χ1) is 22.0. The van der Waals surface area contributed by atoms with Crippen molar-refractivity contribution in [2.75, 3.05) is 19.6 Å². The molecule has 2 aromatic carbocycles. The Morgan fingerprint density at radius 1 is 1.00 bits per heavy atom. The predicted octanol–water partition coefficient (Wildman–Crippen LogP) is 1.99. The third kappa shape index (κ3) is 8.98. The average Bonchev–Trinajstić information content (AvgIpc) is 3.39. The molecule has 0 radical (unpaired) electrons. The van der Waals surface area contributed by atoms with Crippen LogP contribution < -0.4 is 16.0 Å². The summed E-state index contributed by atoms with van der Waals surface area (Å²) in [5, 5.41) is 22.4. The number of nitriles is 1. The molecule has 0 aliphatic carbocycles. The number of nitrogens with zero attached hydrogens (tertiary/aromatic N) is 5.